The van der Waals surface area contributed by atoms with Crippen LogP contribution in [0.15, 0.2) is 97.1 Å². The third kappa shape index (κ3) is 3.80. The SMILES string of the molecule is O=C(Nc1ccc2c(c1)OCCO2)c1c(-c2ccccc2)sc2cc(-c3ccccc3)ccc12. The molecule has 0 bridgehead atoms. The Morgan fingerprint density at radius 1 is 0.706 bits per heavy atom. The molecule has 0 spiro atoms. The topological polar surface area (TPSA) is 47.6 Å². The van der Waals surface area contributed by atoms with E-state index in [0.29, 0.717) is 36.0 Å². The van der Waals surface area contributed by atoms with Crippen LogP contribution in [0.4, 0.5) is 5.69 Å². The first-order chi connectivity index (χ1) is 16.8. The Kier molecular flexibility index (Phi) is 5.24. The van der Waals surface area contributed by atoms with Gasteiger partial charge in [0.15, 0.2) is 11.5 Å². The van der Waals surface area contributed by atoms with Crippen molar-refractivity contribution < 1.29 is 14.3 Å². The Morgan fingerprint density at radius 3 is 2.18 bits per heavy atom. The zero-order valence-electron chi connectivity index (χ0n) is 18.3. The smallest absolute Gasteiger partial charge is 0.257 e. The third-order valence-corrected chi connectivity index (χ3v) is 7.06. The fourth-order valence-corrected chi connectivity index (χ4v) is 5.48. The number of fused-ring (bicyclic) bond motifs is 2. The number of benzene rings is 4. The van der Waals surface area contributed by atoms with E-state index in [1.807, 2.05) is 66.7 Å². The summed E-state index contributed by atoms with van der Waals surface area (Å²) in [5, 5.41) is 4.02. The number of nitrogens with one attached hydrogen (secondary N) is 1. The van der Waals surface area contributed by atoms with Crippen molar-refractivity contribution in [3.8, 4) is 33.1 Å². The van der Waals surface area contributed by atoms with Gasteiger partial charge in [-0.05, 0) is 34.9 Å². The van der Waals surface area contributed by atoms with Gasteiger partial charge in [-0.1, -0.05) is 72.8 Å². The standard InChI is InChI=1S/C29H21NO3S/c31-29(30-22-12-14-24-25(18-22)33-16-15-32-24)27-23-13-11-21(19-7-3-1-4-8-19)17-26(23)34-28(27)20-9-5-2-6-10-20/h1-14,17-18H,15-16H2,(H,30,31). The van der Waals surface area contributed by atoms with Gasteiger partial charge in [-0.25, -0.2) is 0 Å². The van der Waals surface area contributed by atoms with Crippen molar-refractivity contribution in [1.29, 1.82) is 0 Å². The van der Waals surface area contributed by atoms with Crippen LogP contribution >= 0.6 is 11.3 Å². The summed E-state index contributed by atoms with van der Waals surface area (Å²) in [4.78, 5) is 14.6. The molecule has 1 N–H and O–H groups in total. The van der Waals surface area contributed by atoms with Crippen LogP contribution < -0.4 is 14.8 Å². The maximum absolute atomic E-state index is 13.6. The van der Waals surface area contributed by atoms with Crippen molar-refractivity contribution in [3.05, 3.63) is 103 Å². The average molecular weight is 464 g/mol. The second-order valence-corrected chi connectivity index (χ2v) is 9.11. The number of amides is 1. The highest BCUT2D eigenvalue weighted by Gasteiger charge is 2.22. The average Bonchev–Trinajstić information content (AvgIpc) is 3.29. The summed E-state index contributed by atoms with van der Waals surface area (Å²) in [7, 11) is 0. The van der Waals surface area contributed by atoms with E-state index in [4.69, 9.17) is 9.47 Å². The zero-order chi connectivity index (χ0) is 22.9. The van der Waals surface area contributed by atoms with Gasteiger partial charge in [-0.3, -0.25) is 4.79 Å². The Balaban J connectivity index is 1.43. The summed E-state index contributed by atoms with van der Waals surface area (Å²) >= 11 is 1.64. The van der Waals surface area contributed by atoms with E-state index in [1.165, 1.54) is 0 Å². The van der Waals surface area contributed by atoms with Crippen molar-refractivity contribution in [2.75, 3.05) is 18.5 Å². The van der Waals surface area contributed by atoms with E-state index >= 15 is 0 Å². The van der Waals surface area contributed by atoms with Gasteiger partial charge in [0.1, 0.15) is 13.2 Å². The van der Waals surface area contributed by atoms with Gasteiger partial charge in [0, 0.05) is 26.7 Å². The molecule has 0 saturated carbocycles. The van der Waals surface area contributed by atoms with Gasteiger partial charge in [0.05, 0.1) is 5.56 Å². The van der Waals surface area contributed by atoms with Crippen molar-refractivity contribution in [3.63, 3.8) is 0 Å². The number of hydrogen-bond donors (Lipinski definition) is 1. The molecule has 1 aromatic heterocycles. The van der Waals surface area contributed by atoms with E-state index in [9.17, 15) is 4.79 Å². The predicted molar refractivity (Wildman–Crippen MR) is 138 cm³/mol. The molecular formula is C29H21NO3S. The summed E-state index contributed by atoms with van der Waals surface area (Å²) in [5.74, 6) is 1.20. The summed E-state index contributed by atoms with van der Waals surface area (Å²) in [6.07, 6.45) is 0. The van der Waals surface area contributed by atoms with E-state index in [1.54, 1.807) is 11.3 Å². The maximum atomic E-state index is 13.6. The Bertz CT molecular complexity index is 1490. The third-order valence-electron chi connectivity index (χ3n) is 5.86. The van der Waals surface area contributed by atoms with Crippen LogP contribution in [-0.4, -0.2) is 19.1 Å². The normalized spacial score (nSPS) is 12.5. The number of thiophene rings is 1. The summed E-state index contributed by atoms with van der Waals surface area (Å²) in [6, 6.07) is 32.2. The van der Waals surface area contributed by atoms with Gasteiger partial charge in [-0.15, -0.1) is 11.3 Å². The molecule has 2 heterocycles. The largest absolute Gasteiger partial charge is 0.486 e. The number of hydrogen-bond acceptors (Lipinski definition) is 4. The highest BCUT2D eigenvalue weighted by atomic mass is 32.1. The molecule has 0 aliphatic carbocycles. The van der Waals surface area contributed by atoms with Gasteiger partial charge in [0.2, 0.25) is 0 Å². The molecule has 4 nitrogen and oxygen atoms in total. The zero-order valence-corrected chi connectivity index (χ0v) is 19.1. The molecular weight excluding hydrogens is 442 g/mol. The molecule has 166 valence electrons. The maximum Gasteiger partial charge on any atom is 0.257 e. The van der Waals surface area contributed by atoms with Crippen molar-refractivity contribution in [2.24, 2.45) is 0 Å². The minimum absolute atomic E-state index is 0.144. The van der Waals surface area contributed by atoms with E-state index in [-0.39, 0.29) is 5.91 Å². The van der Waals surface area contributed by atoms with E-state index in [2.05, 4.69) is 35.6 Å². The Morgan fingerprint density at radius 2 is 1.41 bits per heavy atom. The lowest BCUT2D eigenvalue weighted by atomic mass is 10.0. The Hall–Kier alpha value is -4.09. The first-order valence-corrected chi connectivity index (χ1v) is 12.0. The molecule has 1 aliphatic rings. The molecule has 0 fully saturated rings. The highest BCUT2D eigenvalue weighted by molar-refractivity contribution is 7.22. The monoisotopic (exact) mass is 463 g/mol. The molecule has 1 amide bonds. The fraction of sp³-hybridized carbons (Fsp3) is 0.0690. The van der Waals surface area contributed by atoms with Crippen molar-refractivity contribution in [2.45, 2.75) is 0 Å². The number of carbonyl (C=O) groups excluding carboxylic acids is 1. The van der Waals surface area contributed by atoms with Crippen LogP contribution in [0.25, 0.3) is 31.7 Å². The minimum atomic E-state index is -0.144. The second kappa shape index (κ2) is 8.69. The molecule has 0 saturated heterocycles. The van der Waals surface area contributed by atoms with Crippen molar-refractivity contribution in [1.82, 2.24) is 0 Å². The fourth-order valence-electron chi connectivity index (χ4n) is 4.24. The van der Waals surface area contributed by atoms with Crippen LogP contribution in [0, 0.1) is 0 Å². The molecule has 34 heavy (non-hydrogen) atoms. The van der Waals surface area contributed by atoms with Crippen LogP contribution in [0.2, 0.25) is 0 Å². The van der Waals surface area contributed by atoms with Gasteiger partial charge >= 0.3 is 0 Å². The number of anilines is 1. The number of carbonyl (C=O) groups is 1. The lowest BCUT2D eigenvalue weighted by Gasteiger charge is -2.19. The Labute approximate surface area is 201 Å². The summed E-state index contributed by atoms with van der Waals surface area (Å²) in [6.45, 7) is 1.03. The molecule has 6 rings (SSSR count). The van der Waals surface area contributed by atoms with Crippen molar-refractivity contribution >= 4 is 33.0 Å². The van der Waals surface area contributed by atoms with Gasteiger partial charge < -0.3 is 14.8 Å². The first-order valence-electron chi connectivity index (χ1n) is 11.1. The molecule has 1 aliphatic heterocycles. The second-order valence-electron chi connectivity index (χ2n) is 8.06. The lowest BCUT2D eigenvalue weighted by Crippen LogP contribution is -2.16. The minimum Gasteiger partial charge on any atom is -0.486 e. The predicted octanol–water partition coefficient (Wildman–Crippen LogP) is 7.26. The molecule has 0 atom stereocenters. The molecule has 5 aromatic rings. The van der Waals surface area contributed by atoms with Crippen LogP contribution in [0.3, 0.4) is 0 Å². The summed E-state index contributed by atoms with van der Waals surface area (Å²) in [5.41, 5.74) is 4.67. The first kappa shape index (κ1) is 20.5. The lowest BCUT2D eigenvalue weighted by molar-refractivity contribution is 0.102. The van der Waals surface area contributed by atoms with Crippen LogP contribution in [0.5, 0.6) is 11.5 Å². The van der Waals surface area contributed by atoms with E-state index in [0.717, 1.165) is 31.7 Å². The number of rotatable bonds is 4. The quantitative estimate of drug-likeness (QED) is 0.305. The van der Waals surface area contributed by atoms with Gasteiger partial charge in [-0.2, -0.15) is 0 Å². The van der Waals surface area contributed by atoms with Crippen LogP contribution in [0.1, 0.15) is 10.4 Å². The van der Waals surface area contributed by atoms with E-state index < -0.39 is 0 Å². The summed E-state index contributed by atoms with van der Waals surface area (Å²) < 4.78 is 12.4. The van der Waals surface area contributed by atoms with Crippen LogP contribution in [-0.2, 0) is 0 Å². The molecule has 0 radical (unpaired) electrons. The molecule has 0 unspecified atom stereocenters. The molecule has 4 aromatic carbocycles. The van der Waals surface area contributed by atoms with Gasteiger partial charge in [0.25, 0.3) is 5.91 Å². The number of ether oxygens (including phenoxy) is 2. The molecule has 5 heteroatoms. The highest BCUT2D eigenvalue weighted by Crippen LogP contribution is 2.41.